The summed E-state index contributed by atoms with van der Waals surface area (Å²) in [6.45, 7) is 6.92. The lowest BCUT2D eigenvalue weighted by Crippen LogP contribution is -2.41. The molecule has 192 valence electrons. The second kappa shape index (κ2) is 12.0. The van der Waals surface area contributed by atoms with Gasteiger partial charge in [0, 0.05) is 26.6 Å². The molecule has 0 heterocycles. The molecule has 0 spiro atoms. The Kier molecular flexibility index (Phi) is 9.06. The summed E-state index contributed by atoms with van der Waals surface area (Å²) in [7, 11) is 0. The predicted octanol–water partition coefficient (Wildman–Crippen LogP) is 3.68. The summed E-state index contributed by atoms with van der Waals surface area (Å²) in [5, 5.41) is 5.17. The lowest BCUT2D eigenvalue weighted by atomic mass is 9.87. The second-order valence-corrected chi connectivity index (χ2v) is 9.16. The lowest BCUT2D eigenvalue weighted by molar-refractivity contribution is -0.171. The molecule has 1 N–H and O–H groups in total. The van der Waals surface area contributed by atoms with Gasteiger partial charge in [-0.2, -0.15) is 0 Å². The molecule has 1 aromatic rings. The molecule has 0 saturated heterocycles. The number of esters is 1. The van der Waals surface area contributed by atoms with Gasteiger partial charge in [-0.1, -0.05) is 30.3 Å². The molecular formula is C25H35N3O7. The van der Waals surface area contributed by atoms with Gasteiger partial charge in [-0.05, 0) is 57.4 Å². The first-order valence-corrected chi connectivity index (χ1v) is 12.3. The fraction of sp³-hybridized carbons (Fsp3) is 0.640. The van der Waals surface area contributed by atoms with Crippen LogP contribution in [-0.4, -0.2) is 54.9 Å². The van der Waals surface area contributed by atoms with E-state index in [2.05, 4.69) is 10.7 Å². The fourth-order valence-corrected chi connectivity index (χ4v) is 4.99. The van der Waals surface area contributed by atoms with Gasteiger partial charge >= 0.3 is 12.1 Å². The molecule has 3 rings (SSSR count). The summed E-state index contributed by atoms with van der Waals surface area (Å²) in [6, 6.07) is 9.65. The molecular weight excluding hydrogens is 454 g/mol. The van der Waals surface area contributed by atoms with E-state index in [1.54, 1.807) is 0 Å². The highest BCUT2D eigenvalue weighted by Crippen LogP contribution is 2.55. The van der Waals surface area contributed by atoms with Gasteiger partial charge in [-0.3, -0.25) is 9.59 Å². The number of likely N-dealkylation sites (N-methyl/N-ethyl adjacent to an activating group) is 1. The van der Waals surface area contributed by atoms with E-state index in [1.807, 2.05) is 49.1 Å². The van der Waals surface area contributed by atoms with E-state index < -0.39 is 23.8 Å². The van der Waals surface area contributed by atoms with Crippen LogP contribution >= 0.6 is 0 Å². The second-order valence-electron chi connectivity index (χ2n) is 9.16. The third kappa shape index (κ3) is 6.29. The van der Waals surface area contributed by atoms with Crippen molar-refractivity contribution in [1.29, 1.82) is 0 Å². The highest BCUT2D eigenvalue weighted by molar-refractivity contribution is 5.92. The van der Waals surface area contributed by atoms with Crippen molar-refractivity contribution in [2.45, 2.75) is 70.7 Å². The minimum atomic E-state index is -1.05. The molecule has 10 heteroatoms. The summed E-state index contributed by atoms with van der Waals surface area (Å²) in [5.74, 6) is -0.764. The third-order valence-electron chi connectivity index (χ3n) is 7.07. The molecule has 0 bridgehead atoms. The number of hydrogen-bond donors (Lipinski definition) is 1. The van der Waals surface area contributed by atoms with Gasteiger partial charge in [0.05, 0.1) is 11.3 Å². The van der Waals surface area contributed by atoms with Crippen LogP contribution in [0, 0.1) is 16.7 Å². The first kappa shape index (κ1) is 26.4. The highest BCUT2D eigenvalue weighted by Gasteiger charge is 2.61. The zero-order valence-electron chi connectivity index (χ0n) is 20.6. The van der Waals surface area contributed by atoms with Crippen LogP contribution in [-0.2, 0) is 29.3 Å². The van der Waals surface area contributed by atoms with Crippen molar-refractivity contribution >= 4 is 18.0 Å². The maximum Gasteiger partial charge on any atom is 0.410 e. The molecule has 2 aliphatic rings. The third-order valence-corrected chi connectivity index (χ3v) is 7.07. The van der Waals surface area contributed by atoms with Crippen LogP contribution in [0.3, 0.4) is 0 Å². The molecule has 0 aromatic heterocycles. The van der Waals surface area contributed by atoms with Gasteiger partial charge in [0.1, 0.15) is 6.10 Å². The van der Waals surface area contributed by atoms with E-state index in [1.165, 1.54) is 6.92 Å². The summed E-state index contributed by atoms with van der Waals surface area (Å²) in [5.41, 5.74) is 0.295. The lowest BCUT2D eigenvalue weighted by Gasteiger charge is -2.27. The number of nitrogens with one attached hydrogen (secondary N) is 1. The SMILES string of the molecule is CCN(CC)C(=O)[C@]1(c2ccccc2)C[C@@H]1CNC(=O)OC(C)OC(=O)C1CCC(ON=O)CC1. The van der Waals surface area contributed by atoms with Crippen molar-refractivity contribution in [3.8, 4) is 0 Å². The maximum atomic E-state index is 13.3. The average Bonchev–Trinajstić information content (AvgIpc) is 3.60. The zero-order valence-corrected chi connectivity index (χ0v) is 20.6. The largest absolute Gasteiger partial charge is 0.425 e. The van der Waals surface area contributed by atoms with Crippen LogP contribution in [0.15, 0.2) is 35.7 Å². The number of alkyl carbamates (subject to hydrolysis) is 1. The maximum absolute atomic E-state index is 13.3. The summed E-state index contributed by atoms with van der Waals surface area (Å²) < 4.78 is 10.5. The van der Waals surface area contributed by atoms with Gasteiger partial charge in [0.25, 0.3) is 0 Å². The van der Waals surface area contributed by atoms with E-state index in [0.717, 1.165) is 5.56 Å². The smallest absolute Gasteiger partial charge is 0.410 e. The fourth-order valence-electron chi connectivity index (χ4n) is 4.99. The van der Waals surface area contributed by atoms with Crippen molar-refractivity contribution in [3.05, 3.63) is 40.8 Å². The number of hydrogen-bond acceptors (Lipinski definition) is 8. The summed E-state index contributed by atoms with van der Waals surface area (Å²) >= 11 is 0. The number of amides is 2. The molecule has 3 atom stereocenters. The Labute approximate surface area is 205 Å². The van der Waals surface area contributed by atoms with Crippen molar-refractivity contribution in [2.75, 3.05) is 19.6 Å². The summed E-state index contributed by atoms with van der Waals surface area (Å²) in [6.07, 6.45) is 0.727. The zero-order chi connectivity index (χ0) is 25.4. The van der Waals surface area contributed by atoms with E-state index in [0.29, 0.717) is 45.2 Å². The van der Waals surface area contributed by atoms with Gasteiger partial charge in [0.2, 0.25) is 12.2 Å². The Hall–Kier alpha value is -3.17. The monoisotopic (exact) mass is 489 g/mol. The van der Waals surface area contributed by atoms with Crippen LogP contribution in [0.25, 0.3) is 0 Å². The highest BCUT2D eigenvalue weighted by atomic mass is 16.7. The molecule has 35 heavy (non-hydrogen) atoms. The number of nitrogens with zero attached hydrogens (tertiary/aromatic N) is 2. The van der Waals surface area contributed by atoms with Gasteiger partial charge in [0.15, 0.2) is 5.34 Å². The van der Waals surface area contributed by atoms with Gasteiger partial charge in [-0.25, -0.2) is 4.79 Å². The number of benzene rings is 1. The average molecular weight is 490 g/mol. The van der Waals surface area contributed by atoms with Gasteiger partial charge < -0.3 is 24.5 Å². The molecule has 2 saturated carbocycles. The Morgan fingerprint density at radius 1 is 1.09 bits per heavy atom. The molecule has 10 nitrogen and oxygen atoms in total. The molecule has 0 aliphatic heterocycles. The van der Waals surface area contributed by atoms with Crippen LogP contribution in [0.5, 0.6) is 0 Å². The molecule has 2 fully saturated rings. The molecule has 1 unspecified atom stereocenters. The van der Waals surface area contributed by atoms with E-state index >= 15 is 0 Å². The molecule has 0 radical (unpaired) electrons. The van der Waals surface area contributed by atoms with E-state index in [4.69, 9.17) is 14.3 Å². The Bertz CT molecular complexity index is 884. The number of carbonyl (C=O) groups excluding carboxylic acids is 3. The number of carbonyl (C=O) groups is 3. The van der Waals surface area contributed by atoms with E-state index in [9.17, 15) is 19.3 Å². The predicted molar refractivity (Wildman–Crippen MR) is 127 cm³/mol. The standard InChI is InChI=1S/C25H35N3O7/c1-4-28(5-2)23(30)25(19-9-7-6-8-10-19)15-20(25)16-26-24(31)34-17(3)33-22(29)18-11-13-21(14-12-18)35-27-32/h6-10,17-18,20-21H,4-5,11-16H2,1-3H3,(H,26,31)/t17?,18?,20-,21?,25+/m1/s1. The van der Waals surface area contributed by atoms with Crippen LogP contribution < -0.4 is 5.32 Å². The Balaban J connectivity index is 1.48. The van der Waals surface area contributed by atoms with Crippen molar-refractivity contribution in [1.82, 2.24) is 10.2 Å². The number of ether oxygens (including phenoxy) is 2. The quantitative estimate of drug-likeness (QED) is 0.218. The Morgan fingerprint density at radius 3 is 2.34 bits per heavy atom. The van der Waals surface area contributed by atoms with E-state index in [-0.39, 0.29) is 30.4 Å². The normalized spacial score (nSPS) is 26.1. The molecule has 2 aliphatic carbocycles. The summed E-state index contributed by atoms with van der Waals surface area (Å²) in [4.78, 5) is 54.8. The first-order valence-electron chi connectivity index (χ1n) is 12.3. The first-order chi connectivity index (χ1) is 16.8. The minimum absolute atomic E-state index is 0.0540. The van der Waals surface area contributed by atoms with Crippen LogP contribution in [0.2, 0.25) is 0 Å². The van der Waals surface area contributed by atoms with Crippen LogP contribution in [0.1, 0.15) is 58.4 Å². The topological polar surface area (TPSA) is 124 Å². The van der Waals surface area contributed by atoms with Crippen molar-refractivity contribution < 1.29 is 28.7 Å². The molecule has 2 amide bonds. The molecule has 1 aromatic carbocycles. The number of rotatable bonds is 11. The van der Waals surface area contributed by atoms with Crippen molar-refractivity contribution in [2.24, 2.45) is 17.2 Å². The minimum Gasteiger partial charge on any atom is -0.425 e. The van der Waals surface area contributed by atoms with Crippen molar-refractivity contribution in [3.63, 3.8) is 0 Å². The van der Waals surface area contributed by atoms with Gasteiger partial charge in [-0.15, -0.1) is 4.91 Å². The Morgan fingerprint density at radius 2 is 1.74 bits per heavy atom. The van der Waals surface area contributed by atoms with Crippen LogP contribution in [0.4, 0.5) is 4.79 Å².